The van der Waals surface area contributed by atoms with Gasteiger partial charge >= 0.3 is 5.97 Å². The van der Waals surface area contributed by atoms with E-state index in [2.05, 4.69) is 0 Å². The molecular formula is C18H18F2O3. The number of carbonyl (C=O) groups is 1. The molecular weight excluding hydrogens is 302 g/mol. The summed E-state index contributed by atoms with van der Waals surface area (Å²) in [7, 11) is 0. The van der Waals surface area contributed by atoms with Crippen LogP contribution in [-0.4, -0.2) is 16.2 Å². The molecule has 3 nitrogen and oxygen atoms in total. The van der Waals surface area contributed by atoms with Crippen molar-refractivity contribution in [2.24, 2.45) is 0 Å². The van der Waals surface area contributed by atoms with Crippen LogP contribution < -0.4 is 0 Å². The summed E-state index contributed by atoms with van der Waals surface area (Å²) in [4.78, 5) is 11.5. The number of aromatic hydroxyl groups is 1. The Morgan fingerprint density at radius 2 is 1.57 bits per heavy atom. The van der Waals surface area contributed by atoms with Gasteiger partial charge in [0.25, 0.3) is 0 Å². The van der Waals surface area contributed by atoms with E-state index in [9.17, 15) is 23.8 Å². The summed E-state index contributed by atoms with van der Waals surface area (Å²) in [6, 6.07) is 4.62. The van der Waals surface area contributed by atoms with Crippen LogP contribution in [0.25, 0.3) is 11.1 Å². The van der Waals surface area contributed by atoms with Crippen LogP contribution in [0.1, 0.15) is 42.3 Å². The lowest BCUT2D eigenvalue weighted by atomic mass is 9.81. The molecule has 0 atom stereocenters. The predicted octanol–water partition coefficient (Wildman–Crippen LogP) is 4.64. The van der Waals surface area contributed by atoms with E-state index in [1.54, 1.807) is 6.07 Å². The highest BCUT2D eigenvalue weighted by Gasteiger charge is 2.27. The van der Waals surface area contributed by atoms with Crippen LogP contribution in [0.15, 0.2) is 24.3 Å². The predicted molar refractivity (Wildman–Crippen MR) is 83.9 cm³/mol. The smallest absolute Gasteiger partial charge is 0.339 e. The minimum atomic E-state index is -1.29. The largest absolute Gasteiger partial charge is 0.507 e. The second kappa shape index (κ2) is 5.65. The number of carboxylic acids is 1. The summed E-state index contributed by atoms with van der Waals surface area (Å²) >= 11 is 0. The van der Waals surface area contributed by atoms with Gasteiger partial charge in [0.2, 0.25) is 0 Å². The molecule has 0 saturated carbocycles. The van der Waals surface area contributed by atoms with Crippen molar-refractivity contribution in [2.45, 2.75) is 33.1 Å². The fourth-order valence-corrected chi connectivity index (χ4v) is 2.61. The fourth-order valence-electron chi connectivity index (χ4n) is 2.61. The maximum Gasteiger partial charge on any atom is 0.339 e. The number of aromatic carboxylic acids is 1. The van der Waals surface area contributed by atoms with Crippen molar-refractivity contribution in [1.29, 1.82) is 0 Å². The molecule has 0 aliphatic heterocycles. The van der Waals surface area contributed by atoms with Crippen molar-refractivity contribution in [3.05, 3.63) is 52.6 Å². The van der Waals surface area contributed by atoms with Gasteiger partial charge in [-0.3, -0.25) is 0 Å². The standard InChI is InChI=1S/C18H18F2O3/c1-9-13(10-5-11(19)7-12(20)6-10)8-14(18(2,3)4)16(21)15(9)17(22)23/h5-8,21H,1-4H3,(H,22,23). The second-order valence-electron chi connectivity index (χ2n) is 6.53. The lowest BCUT2D eigenvalue weighted by Crippen LogP contribution is -2.15. The van der Waals surface area contributed by atoms with E-state index >= 15 is 0 Å². The van der Waals surface area contributed by atoms with Crippen molar-refractivity contribution in [3.63, 3.8) is 0 Å². The summed E-state index contributed by atoms with van der Waals surface area (Å²) in [5.41, 5.74) is 0.476. The molecule has 0 aliphatic carbocycles. The Balaban J connectivity index is 2.88. The Bertz CT molecular complexity index is 770. The molecule has 2 aromatic rings. The maximum absolute atomic E-state index is 13.5. The van der Waals surface area contributed by atoms with Gasteiger partial charge in [-0.25, -0.2) is 13.6 Å². The molecule has 2 rings (SSSR count). The van der Waals surface area contributed by atoms with Crippen molar-refractivity contribution in [3.8, 4) is 16.9 Å². The number of hydrogen-bond donors (Lipinski definition) is 2. The van der Waals surface area contributed by atoms with Crippen LogP contribution in [0.3, 0.4) is 0 Å². The average molecular weight is 320 g/mol. The molecule has 0 radical (unpaired) electrons. The van der Waals surface area contributed by atoms with Crippen molar-refractivity contribution in [2.75, 3.05) is 0 Å². The highest BCUT2D eigenvalue weighted by atomic mass is 19.1. The van der Waals surface area contributed by atoms with E-state index in [-0.39, 0.29) is 22.4 Å². The van der Waals surface area contributed by atoms with Gasteiger partial charge in [0.05, 0.1) is 0 Å². The fraction of sp³-hybridized carbons (Fsp3) is 0.278. The molecule has 0 fully saturated rings. The minimum absolute atomic E-state index is 0.230. The topological polar surface area (TPSA) is 57.5 Å². The third kappa shape index (κ3) is 3.18. The third-order valence-electron chi connectivity index (χ3n) is 3.76. The summed E-state index contributed by atoms with van der Waals surface area (Å²) in [5.74, 6) is -3.10. The van der Waals surface area contributed by atoms with Gasteiger partial charge in [-0.1, -0.05) is 20.8 Å². The zero-order chi connectivity index (χ0) is 17.5. The van der Waals surface area contributed by atoms with Crippen LogP contribution >= 0.6 is 0 Å². The van der Waals surface area contributed by atoms with Crippen molar-refractivity contribution in [1.82, 2.24) is 0 Å². The maximum atomic E-state index is 13.5. The molecule has 0 amide bonds. The molecule has 0 unspecified atom stereocenters. The first-order valence-corrected chi connectivity index (χ1v) is 7.09. The highest BCUT2D eigenvalue weighted by molar-refractivity contribution is 5.96. The van der Waals surface area contributed by atoms with E-state index in [1.807, 2.05) is 20.8 Å². The van der Waals surface area contributed by atoms with Gasteiger partial charge in [-0.05, 0) is 47.2 Å². The first-order valence-electron chi connectivity index (χ1n) is 7.09. The van der Waals surface area contributed by atoms with Gasteiger partial charge in [0, 0.05) is 11.6 Å². The number of hydrogen-bond acceptors (Lipinski definition) is 2. The quantitative estimate of drug-likeness (QED) is 0.847. The Morgan fingerprint density at radius 3 is 2.00 bits per heavy atom. The molecule has 0 saturated heterocycles. The van der Waals surface area contributed by atoms with Crippen molar-refractivity contribution >= 4 is 5.97 Å². The van der Waals surface area contributed by atoms with Crippen LogP contribution in [0, 0.1) is 18.6 Å². The number of phenols is 1. The van der Waals surface area contributed by atoms with E-state index in [0.717, 1.165) is 18.2 Å². The molecule has 2 N–H and O–H groups in total. The first kappa shape index (κ1) is 16.9. The van der Waals surface area contributed by atoms with E-state index in [4.69, 9.17) is 0 Å². The lowest BCUT2D eigenvalue weighted by molar-refractivity contribution is 0.0692. The lowest BCUT2D eigenvalue weighted by Gasteiger charge is -2.24. The summed E-state index contributed by atoms with van der Waals surface area (Å²) in [5, 5.41) is 19.7. The zero-order valence-corrected chi connectivity index (χ0v) is 13.4. The Morgan fingerprint density at radius 1 is 1.04 bits per heavy atom. The molecule has 0 bridgehead atoms. The van der Waals surface area contributed by atoms with E-state index in [0.29, 0.717) is 11.1 Å². The van der Waals surface area contributed by atoms with Gasteiger partial charge < -0.3 is 10.2 Å². The summed E-state index contributed by atoms with van der Waals surface area (Å²) in [6.45, 7) is 6.96. The Kier molecular flexibility index (Phi) is 4.16. The zero-order valence-electron chi connectivity index (χ0n) is 13.4. The molecule has 122 valence electrons. The van der Waals surface area contributed by atoms with Gasteiger partial charge in [-0.2, -0.15) is 0 Å². The summed E-state index contributed by atoms with van der Waals surface area (Å²) in [6.07, 6.45) is 0. The van der Waals surface area contributed by atoms with Crippen LogP contribution in [-0.2, 0) is 5.41 Å². The van der Waals surface area contributed by atoms with E-state index in [1.165, 1.54) is 6.92 Å². The van der Waals surface area contributed by atoms with Crippen molar-refractivity contribution < 1.29 is 23.8 Å². The average Bonchev–Trinajstić information content (AvgIpc) is 2.35. The third-order valence-corrected chi connectivity index (χ3v) is 3.76. The normalized spacial score (nSPS) is 11.6. The van der Waals surface area contributed by atoms with Gasteiger partial charge in [0.15, 0.2) is 0 Å². The number of carboxylic acid groups (broad SMARTS) is 1. The Labute approximate surface area is 133 Å². The molecule has 0 heterocycles. The molecule has 23 heavy (non-hydrogen) atoms. The number of halogens is 2. The molecule has 0 aliphatic rings. The first-order chi connectivity index (χ1) is 10.5. The number of rotatable bonds is 2. The van der Waals surface area contributed by atoms with Crippen LogP contribution in [0.5, 0.6) is 5.75 Å². The Hall–Kier alpha value is -2.43. The monoisotopic (exact) mass is 320 g/mol. The minimum Gasteiger partial charge on any atom is -0.507 e. The van der Waals surface area contributed by atoms with E-state index < -0.39 is 23.0 Å². The van der Waals surface area contributed by atoms with Gasteiger partial charge in [0.1, 0.15) is 22.9 Å². The molecule has 0 spiro atoms. The second-order valence-corrected chi connectivity index (χ2v) is 6.53. The molecule has 2 aromatic carbocycles. The highest BCUT2D eigenvalue weighted by Crippen LogP contribution is 2.40. The van der Waals surface area contributed by atoms with Gasteiger partial charge in [-0.15, -0.1) is 0 Å². The molecule has 0 aromatic heterocycles. The van der Waals surface area contributed by atoms with Crippen LogP contribution in [0.2, 0.25) is 0 Å². The summed E-state index contributed by atoms with van der Waals surface area (Å²) < 4.78 is 27.0. The van der Waals surface area contributed by atoms with Crippen LogP contribution in [0.4, 0.5) is 8.78 Å². The SMILES string of the molecule is Cc1c(-c2cc(F)cc(F)c2)cc(C(C)(C)C)c(O)c1C(=O)O. The molecule has 5 heteroatoms. The number of benzene rings is 2.